The van der Waals surface area contributed by atoms with Gasteiger partial charge in [0.2, 0.25) is 5.91 Å². The molecule has 1 fully saturated rings. The Morgan fingerprint density at radius 3 is 2.10 bits per heavy atom. The predicted molar refractivity (Wildman–Crippen MR) is 85.6 cm³/mol. The summed E-state index contributed by atoms with van der Waals surface area (Å²) in [4.78, 5) is 14.0. The molecule has 0 aromatic heterocycles. The topological polar surface area (TPSA) is 20.3 Å². The van der Waals surface area contributed by atoms with Crippen LogP contribution in [0.25, 0.3) is 0 Å². The molecular weight excluding hydrogens is 313 g/mol. The van der Waals surface area contributed by atoms with Crippen molar-refractivity contribution in [1.82, 2.24) is 0 Å². The van der Waals surface area contributed by atoms with Crippen molar-refractivity contribution in [3.05, 3.63) is 64.1 Å². The molecule has 0 radical (unpaired) electrons. The summed E-state index contributed by atoms with van der Waals surface area (Å²) in [6.45, 7) is 0. The van der Waals surface area contributed by atoms with Gasteiger partial charge in [-0.3, -0.25) is 9.69 Å². The summed E-state index contributed by atoms with van der Waals surface area (Å²) < 4.78 is 0. The number of rotatable bonds is 2. The van der Waals surface area contributed by atoms with Gasteiger partial charge < -0.3 is 0 Å². The molecule has 2 aromatic carbocycles. The van der Waals surface area contributed by atoms with E-state index in [9.17, 15) is 4.79 Å². The van der Waals surface area contributed by atoms with E-state index >= 15 is 0 Å². The van der Waals surface area contributed by atoms with E-state index in [0.29, 0.717) is 15.8 Å². The Labute approximate surface area is 131 Å². The van der Waals surface area contributed by atoms with Crippen molar-refractivity contribution in [2.45, 2.75) is 5.37 Å². The summed E-state index contributed by atoms with van der Waals surface area (Å²) in [6, 6.07) is 15.0. The highest BCUT2D eigenvalue weighted by Crippen LogP contribution is 2.42. The Kier molecular flexibility index (Phi) is 3.92. The number of hydrogen-bond acceptors (Lipinski definition) is 2. The van der Waals surface area contributed by atoms with Gasteiger partial charge in [0, 0.05) is 15.7 Å². The minimum absolute atomic E-state index is 0.0130. The lowest BCUT2D eigenvalue weighted by Gasteiger charge is -2.24. The van der Waals surface area contributed by atoms with Gasteiger partial charge in [-0.15, -0.1) is 11.8 Å². The molecule has 1 amide bonds. The van der Waals surface area contributed by atoms with E-state index in [1.54, 1.807) is 23.9 Å². The van der Waals surface area contributed by atoms with Crippen LogP contribution in [0.1, 0.15) is 10.9 Å². The fourth-order valence-electron chi connectivity index (χ4n) is 2.18. The summed E-state index contributed by atoms with van der Waals surface area (Å²) in [6.07, 6.45) is 0. The zero-order valence-electron chi connectivity index (χ0n) is 10.4. The van der Waals surface area contributed by atoms with Crippen LogP contribution in [-0.4, -0.2) is 11.7 Å². The zero-order valence-corrected chi connectivity index (χ0v) is 12.8. The first-order chi connectivity index (χ1) is 9.65. The normalized spacial score (nSPS) is 18.6. The van der Waals surface area contributed by atoms with Crippen LogP contribution >= 0.6 is 35.0 Å². The SMILES string of the molecule is O=C1CSC(c2ccc(Cl)cc2)N1c1ccc(Cl)cc1. The molecule has 1 unspecified atom stereocenters. The summed E-state index contributed by atoms with van der Waals surface area (Å²) in [5.41, 5.74) is 1.93. The fraction of sp³-hybridized carbons (Fsp3) is 0.133. The van der Waals surface area contributed by atoms with Crippen molar-refractivity contribution >= 4 is 46.6 Å². The first kappa shape index (κ1) is 13.8. The average molecular weight is 324 g/mol. The summed E-state index contributed by atoms with van der Waals surface area (Å²) in [5.74, 6) is 0.591. The van der Waals surface area contributed by atoms with E-state index in [1.165, 1.54) is 0 Å². The van der Waals surface area contributed by atoms with Gasteiger partial charge in [0.15, 0.2) is 0 Å². The minimum Gasteiger partial charge on any atom is -0.295 e. The van der Waals surface area contributed by atoms with E-state index in [4.69, 9.17) is 23.2 Å². The second-order valence-electron chi connectivity index (χ2n) is 4.46. The molecule has 0 aliphatic carbocycles. The number of amides is 1. The number of nitrogens with zero attached hydrogens (tertiary/aromatic N) is 1. The molecule has 1 aliphatic rings. The highest BCUT2D eigenvalue weighted by atomic mass is 35.5. The highest BCUT2D eigenvalue weighted by molar-refractivity contribution is 8.00. The molecule has 3 rings (SSSR count). The second-order valence-corrected chi connectivity index (χ2v) is 6.40. The van der Waals surface area contributed by atoms with Gasteiger partial charge in [-0.2, -0.15) is 0 Å². The molecule has 2 nitrogen and oxygen atoms in total. The lowest BCUT2D eigenvalue weighted by Crippen LogP contribution is -2.27. The number of hydrogen-bond donors (Lipinski definition) is 0. The maximum absolute atomic E-state index is 12.2. The van der Waals surface area contributed by atoms with Gasteiger partial charge in [-0.25, -0.2) is 0 Å². The number of carbonyl (C=O) groups excluding carboxylic acids is 1. The number of halogens is 2. The molecule has 0 N–H and O–H groups in total. The Balaban J connectivity index is 1.96. The Morgan fingerprint density at radius 1 is 0.950 bits per heavy atom. The molecule has 102 valence electrons. The number of anilines is 1. The molecule has 1 atom stereocenters. The van der Waals surface area contributed by atoms with Crippen LogP contribution < -0.4 is 4.90 Å². The maximum atomic E-state index is 12.2. The van der Waals surface area contributed by atoms with E-state index < -0.39 is 0 Å². The van der Waals surface area contributed by atoms with Gasteiger partial charge >= 0.3 is 0 Å². The molecule has 5 heteroatoms. The van der Waals surface area contributed by atoms with E-state index in [1.807, 2.05) is 41.3 Å². The van der Waals surface area contributed by atoms with Crippen molar-refractivity contribution in [3.8, 4) is 0 Å². The van der Waals surface area contributed by atoms with Gasteiger partial charge in [0.05, 0.1) is 5.75 Å². The number of benzene rings is 2. The van der Waals surface area contributed by atoms with Gasteiger partial charge in [-0.1, -0.05) is 35.3 Å². The van der Waals surface area contributed by atoms with Crippen molar-refractivity contribution in [1.29, 1.82) is 0 Å². The Hall–Kier alpha value is -1.16. The first-order valence-corrected chi connectivity index (χ1v) is 7.90. The molecule has 0 saturated carbocycles. The quantitative estimate of drug-likeness (QED) is 0.793. The summed E-state index contributed by atoms with van der Waals surface area (Å²) in [7, 11) is 0. The number of carbonyl (C=O) groups is 1. The lowest BCUT2D eigenvalue weighted by molar-refractivity contribution is -0.115. The van der Waals surface area contributed by atoms with Crippen molar-refractivity contribution in [2.75, 3.05) is 10.7 Å². The minimum atomic E-state index is -0.0130. The monoisotopic (exact) mass is 323 g/mol. The van der Waals surface area contributed by atoms with E-state index in [-0.39, 0.29) is 11.3 Å². The predicted octanol–water partition coefficient (Wildman–Crippen LogP) is 4.77. The van der Waals surface area contributed by atoms with Crippen LogP contribution in [0.5, 0.6) is 0 Å². The molecular formula is C15H11Cl2NOS. The summed E-state index contributed by atoms with van der Waals surface area (Å²) in [5, 5.41) is 1.35. The van der Waals surface area contributed by atoms with Crippen molar-refractivity contribution in [2.24, 2.45) is 0 Å². The Bertz CT molecular complexity index is 627. The second kappa shape index (κ2) is 5.68. The van der Waals surface area contributed by atoms with Crippen LogP contribution in [0.15, 0.2) is 48.5 Å². The van der Waals surface area contributed by atoms with Gasteiger partial charge in [0.1, 0.15) is 5.37 Å². The summed E-state index contributed by atoms with van der Waals surface area (Å²) >= 11 is 13.4. The van der Waals surface area contributed by atoms with Crippen LogP contribution in [0, 0.1) is 0 Å². The lowest BCUT2D eigenvalue weighted by atomic mass is 10.2. The molecule has 1 heterocycles. The molecule has 1 saturated heterocycles. The molecule has 1 aliphatic heterocycles. The van der Waals surface area contributed by atoms with Crippen LogP contribution in [0.3, 0.4) is 0 Å². The van der Waals surface area contributed by atoms with E-state index in [0.717, 1.165) is 11.3 Å². The van der Waals surface area contributed by atoms with Crippen LogP contribution in [0.4, 0.5) is 5.69 Å². The third-order valence-electron chi connectivity index (χ3n) is 3.13. The molecule has 20 heavy (non-hydrogen) atoms. The maximum Gasteiger partial charge on any atom is 0.238 e. The molecule has 2 aromatic rings. The standard InChI is InChI=1S/C15H11Cl2NOS/c16-11-3-1-10(2-4-11)15-18(14(19)9-20-15)13-7-5-12(17)6-8-13/h1-8,15H,9H2. The third-order valence-corrected chi connectivity index (χ3v) is 4.84. The fourth-order valence-corrected chi connectivity index (χ4v) is 3.61. The highest BCUT2D eigenvalue weighted by Gasteiger charge is 2.33. The van der Waals surface area contributed by atoms with Crippen molar-refractivity contribution in [3.63, 3.8) is 0 Å². The zero-order chi connectivity index (χ0) is 14.1. The number of thioether (sulfide) groups is 1. The largest absolute Gasteiger partial charge is 0.295 e. The van der Waals surface area contributed by atoms with E-state index in [2.05, 4.69) is 0 Å². The van der Waals surface area contributed by atoms with Gasteiger partial charge in [-0.05, 0) is 42.0 Å². The van der Waals surface area contributed by atoms with Crippen LogP contribution in [0.2, 0.25) is 10.0 Å². The third kappa shape index (κ3) is 2.66. The van der Waals surface area contributed by atoms with Gasteiger partial charge in [0.25, 0.3) is 0 Å². The molecule has 0 spiro atoms. The first-order valence-electron chi connectivity index (χ1n) is 6.10. The molecule has 0 bridgehead atoms. The Morgan fingerprint density at radius 2 is 1.50 bits per heavy atom. The van der Waals surface area contributed by atoms with Crippen LogP contribution in [-0.2, 0) is 4.79 Å². The average Bonchev–Trinajstić information content (AvgIpc) is 2.83. The van der Waals surface area contributed by atoms with Crippen molar-refractivity contribution < 1.29 is 4.79 Å². The smallest absolute Gasteiger partial charge is 0.238 e.